The van der Waals surface area contributed by atoms with Gasteiger partial charge < -0.3 is 0 Å². The molecule has 4 rings (SSSR count). The number of hydrogen-bond acceptors (Lipinski definition) is 8. The molecule has 2 N–H and O–H groups in total. The summed E-state index contributed by atoms with van der Waals surface area (Å²) in [6.45, 7) is 0. The molecule has 0 unspecified atom stereocenters. The van der Waals surface area contributed by atoms with Gasteiger partial charge in [-0.05, 0) is 35.4 Å². The van der Waals surface area contributed by atoms with Crippen LogP contribution in [0.5, 0.6) is 0 Å². The van der Waals surface area contributed by atoms with Gasteiger partial charge in [0.2, 0.25) is 0 Å². The van der Waals surface area contributed by atoms with Crippen LogP contribution in [0.3, 0.4) is 0 Å². The van der Waals surface area contributed by atoms with Gasteiger partial charge >= 0.3 is 0 Å². The Hall–Kier alpha value is -2.43. The minimum absolute atomic E-state index is 0. The van der Waals surface area contributed by atoms with Gasteiger partial charge in [0.05, 0.1) is 23.8 Å². The third kappa shape index (κ3) is 9.27. The van der Waals surface area contributed by atoms with Crippen LogP contribution in [0, 0.1) is 0 Å². The van der Waals surface area contributed by atoms with E-state index in [2.05, 4.69) is 31.0 Å². The first-order valence-corrected chi connectivity index (χ1v) is 13.3. The molecule has 2 aromatic heterocycles. The van der Waals surface area contributed by atoms with Crippen LogP contribution in [0.2, 0.25) is 0 Å². The van der Waals surface area contributed by atoms with Crippen LogP contribution >= 0.6 is 48.0 Å². The van der Waals surface area contributed by atoms with E-state index in [1.165, 1.54) is 23.5 Å². The number of thiocarbonyl (C=S) groups is 2. The third-order valence-corrected chi connectivity index (χ3v) is 6.53. The molecule has 0 aliphatic rings. The van der Waals surface area contributed by atoms with E-state index in [4.69, 9.17) is 24.4 Å². The second-order valence-corrected chi connectivity index (χ2v) is 9.56. The summed E-state index contributed by atoms with van der Waals surface area (Å²) in [5, 5.41) is 12.6. The first kappa shape index (κ1) is 28.8. The van der Waals surface area contributed by atoms with Gasteiger partial charge in [-0.15, -0.1) is 0 Å². The smallest absolute Gasteiger partial charge is 0.153 e. The molecule has 2 heterocycles. The van der Waals surface area contributed by atoms with Crippen LogP contribution in [0.15, 0.2) is 83.3 Å². The molecule has 0 fully saturated rings. The fourth-order valence-electron chi connectivity index (χ4n) is 2.81. The van der Waals surface area contributed by atoms with E-state index in [0.29, 0.717) is 8.64 Å². The van der Waals surface area contributed by atoms with Gasteiger partial charge in [-0.3, -0.25) is 20.8 Å². The van der Waals surface area contributed by atoms with Crippen molar-refractivity contribution < 1.29 is 16.5 Å². The molecule has 11 heteroatoms. The molecular formula is C24H22N6NiS4. The molecular weight excluding hydrogens is 559 g/mol. The van der Waals surface area contributed by atoms with Crippen molar-refractivity contribution >= 4 is 90.6 Å². The zero-order chi connectivity index (χ0) is 24.2. The number of thioether (sulfide) groups is 2. The van der Waals surface area contributed by atoms with Gasteiger partial charge in [0, 0.05) is 39.7 Å². The van der Waals surface area contributed by atoms with Crippen molar-refractivity contribution in [3.8, 4) is 0 Å². The molecule has 0 atom stereocenters. The van der Waals surface area contributed by atoms with E-state index in [0.717, 1.165) is 32.9 Å². The zero-order valence-electron chi connectivity index (χ0n) is 18.8. The average molecular weight is 581 g/mol. The maximum absolute atomic E-state index is 4.98. The minimum Gasteiger partial charge on any atom is -0.262 e. The van der Waals surface area contributed by atoms with Crippen LogP contribution in [-0.4, -0.2) is 43.5 Å². The van der Waals surface area contributed by atoms with E-state index in [9.17, 15) is 0 Å². The predicted octanol–water partition coefficient (Wildman–Crippen LogP) is 5.61. The van der Waals surface area contributed by atoms with Crippen LogP contribution < -0.4 is 10.9 Å². The second kappa shape index (κ2) is 15.5. The van der Waals surface area contributed by atoms with Crippen molar-refractivity contribution in [2.75, 3.05) is 12.5 Å². The van der Waals surface area contributed by atoms with Crippen molar-refractivity contribution in [3.63, 3.8) is 0 Å². The first-order valence-electron chi connectivity index (χ1n) is 10.0. The normalized spacial score (nSPS) is 10.6. The number of nitrogens with one attached hydrogen (secondary N) is 2. The number of pyridine rings is 2. The fourth-order valence-corrected chi connectivity index (χ4v) is 3.20. The van der Waals surface area contributed by atoms with Crippen molar-refractivity contribution in [3.05, 3.63) is 84.4 Å². The number of nitrogens with zero attached hydrogens (tertiary/aromatic N) is 4. The molecule has 0 aliphatic heterocycles. The van der Waals surface area contributed by atoms with Gasteiger partial charge in [-0.1, -0.05) is 96.5 Å². The van der Waals surface area contributed by atoms with Gasteiger partial charge in [-0.2, -0.15) is 10.2 Å². The van der Waals surface area contributed by atoms with Crippen LogP contribution in [0.1, 0.15) is 11.4 Å². The van der Waals surface area contributed by atoms with Gasteiger partial charge in [0.1, 0.15) is 0 Å². The summed E-state index contributed by atoms with van der Waals surface area (Å²) >= 11 is 12.8. The van der Waals surface area contributed by atoms with E-state index in [1.807, 2.05) is 79.4 Å². The van der Waals surface area contributed by atoms with E-state index in [-0.39, 0.29) is 16.5 Å². The predicted molar refractivity (Wildman–Crippen MR) is 157 cm³/mol. The Kier molecular flexibility index (Phi) is 12.8. The topological polar surface area (TPSA) is 74.6 Å². The van der Waals surface area contributed by atoms with E-state index >= 15 is 0 Å². The summed E-state index contributed by atoms with van der Waals surface area (Å²) in [5.41, 5.74) is 7.16. The standard InChI is InChI=1S/2C12H11N3S2.Ni/c1-17-12(16)15-14-8-11-6-9-4-2-3-5-10(9)7-13-11;1-17-12(16)15-14-8-11-10-5-3-2-4-9(10)6-7-13-11;/h2*2-8H,1H3,(H,15,16);/b2*14-8+;. The number of rotatable bonds is 4. The van der Waals surface area contributed by atoms with Crippen LogP contribution in [-0.2, 0) is 16.5 Å². The largest absolute Gasteiger partial charge is 0.262 e. The van der Waals surface area contributed by atoms with Gasteiger partial charge in [0.15, 0.2) is 8.64 Å². The maximum atomic E-state index is 4.98. The molecule has 0 amide bonds. The second-order valence-electron chi connectivity index (χ2n) is 6.60. The summed E-state index contributed by atoms with van der Waals surface area (Å²) in [6, 6.07) is 20.1. The number of benzene rings is 2. The van der Waals surface area contributed by atoms with E-state index < -0.39 is 0 Å². The molecule has 182 valence electrons. The average Bonchev–Trinajstić information content (AvgIpc) is 2.89. The molecule has 0 spiro atoms. The fraction of sp³-hybridized carbons (Fsp3) is 0.0833. The summed E-state index contributed by atoms with van der Waals surface area (Å²) < 4.78 is 1.28. The molecule has 0 bridgehead atoms. The molecule has 0 aliphatic carbocycles. The number of hydrogen-bond donors (Lipinski definition) is 2. The SMILES string of the molecule is CSC(=S)N/N=C/c1cc2ccccc2cn1.CSC(=S)N/N=C/c1nccc2ccccc12.[Ni]. The zero-order valence-corrected chi connectivity index (χ0v) is 23.1. The molecule has 4 aromatic rings. The van der Waals surface area contributed by atoms with Crippen molar-refractivity contribution in [2.45, 2.75) is 0 Å². The van der Waals surface area contributed by atoms with Crippen molar-refractivity contribution in [2.24, 2.45) is 10.2 Å². The first-order chi connectivity index (χ1) is 16.6. The molecule has 0 radical (unpaired) electrons. The van der Waals surface area contributed by atoms with E-state index in [1.54, 1.807) is 18.6 Å². The molecule has 2 aromatic carbocycles. The minimum atomic E-state index is 0. The molecule has 0 saturated carbocycles. The third-order valence-electron chi connectivity index (χ3n) is 4.42. The number of aromatic nitrogens is 2. The summed E-state index contributed by atoms with van der Waals surface area (Å²) in [5.74, 6) is 0. The maximum Gasteiger partial charge on any atom is 0.153 e. The number of hydrazone groups is 2. The van der Waals surface area contributed by atoms with Crippen LogP contribution in [0.4, 0.5) is 0 Å². The Morgan fingerprint density at radius 3 is 2.09 bits per heavy atom. The molecule has 0 saturated heterocycles. The Bertz CT molecular complexity index is 1330. The van der Waals surface area contributed by atoms with Crippen molar-refractivity contribution in [1.29, 1.82) is 0 Å². The summed E-state index contributed by atoms with van der Waals surface area (Å²) in [6.07, 6.45) is 10.8. The summed E-state index contributed by atoms with van der Waals surface area (Å²) in [7, 11) is 0. The Labute approximate surface area is 233 Å². The molecule has 6 nitrogen and oxygen atoms in total. The Morgan fingerprint density at radius 2 is 1.40 bits per heavy atom. The Balaban J connectivity index is 0.000000240. The quantitative estimate of drug-likeness (QED) is 0.140. The van der Waals surface area contributed by atoms with Crippen LogP contribution in [0.25, 0.3) is 21.5 Å². The Morgan fingerprint density at radius 1 is 0.800 bits per heavy atom. The summed E-state index contributed by atoms with van der Waals surface area (Å²) in [4.78, 5) is 8.58. The molecule has 35 heavy (non-hydrogen) atoms. The van der Waals surface area contributed by atoms with Gasteiger partial charge in [0.25, 0.3) is 0 Å². The monoisotopic (exact) mass is 580 g/mol. The number of fused-ring (bicyclic) bond motifs is 2. The van der Waals surface area contributed by atoms with Gasteiger partial charge in [-0.25, -0.2) is 0 Å². The van der Waals surface area contributed by atoms with Crippen molar-refractivity contribution in [1.82, 2.24) is 20.8 Å².